The van der Waals surface area contributed by atoms with Gasteiger partial charge < -0.3 is 0 Å². The molecule has 2 aromatic rings. The molecule has 124 valence electrons. The van der Waals surface area contributed by atoms with Crippen molar-refractivity contribution in [2.75, 3.05) is 0 Å². The lowest BCUT2D eigenvalue weighted by Gasteiger charge is -2.36. The molecule has 23 heavy (non-hydrogen) atoms. The van der Waals surface area contributed by atoms with Gasteiger partial charge in [-0.1, -0.05) is 57.5 Å². The van der Waals surface area contributed by atoms with Gasteiger partial charge in [-0.15, -0.1) is 0 Å². The van der Waals surface area contributed by atoms with E-state index >= 15 is 0 Å². The van der Waals surface area contributed by atoms with E-state index < -0.39 is 11.1 Å². The zero-order valence-electron chi connectivity index (χ0n) is 14.2. The van der Waals surface area contributed by atoms with Crippen molar-refractivity contribution >= 4 is 21.9 Å². The summed E-state index contributed by atoms with van der Waals surface area (Å²) in [5.74, 6) is 1.74. The Hall–Kier alpha value is -1.19. The summed E-state index contributed by atoms with van der Waals surface area (Å²) < 4.78 is 18.8. The maximum Gasteiger partial charge on any atom is 0.189 e. The van der Waals surface area contributed by atoms with Gasteiger partial charge >= 0.3 is 0 Å². The zero-order valence-corrected chi connectivity index (χ0v) is 15.0. The summed E-state index contributed by atoms with van der Waals surface area (Å²) in [6.45, 7) is 6.76. The number of hydrogen-bond donors (Lipinski definition) is 0. The van der Waals surface area contributed by atoms with E-state index in [9.17, 15) is 4.21 Å². The Morgan fingerprint density at radius 2 is 1.83 bits per heavy atom. The first-order valence-corrected chi connectivity index (χ1v) is 9.70. The molecule has 0 aliphatic heterocycles. The first-order valence-electron chi connectivity index (χ1n) is 8.62. The minimum Gasteiger partial charge on any atom is -0.283 e. The van der Waals surface area contributed by atoms with Crippen LogP contribution in [-0.4, -0.2) is 10.3 Å². The van der Waals surface area contributed by atoms with Crippen molar-refractivity contribution in [1.82, 2.24) is 0 Å². The van der Waals surface area contributed by atoms with Crippen molar-refractivity contribution < 1.29 is 8.39 Å². The average molecular weight is 330 g/mol. The molecule has 1 fully saturated rings. The molecule has 0 saturated heterocycles. The van der Waals surface area contributed by atoms with Gasteiger partial charge in [-0.25, -0.2) is 4.21 Å². The average Bonchev–Trinajstić information content (AvgIpc) is 2.54. The third-order valence-electron chi connectivity index (χ3n) is 5.09. The van der Waals surface area contributed by atoms with Crippen LogP contribution in [0.2, 0.25) is 0 Å². The molecule has 0 radical (unpaired) electrons. The van der Waals surface area contributed by atoms with E-state index in [2.05, 4.69) is 32.9 Å². The summed E-state index contributed by atoms with van der Waals surface area (Å²) in [7, 11) is 0. The molecular weight excluding hydrogens is 304 g/mol. The van der Waals surface area contributed by atoms with Gasteiger partial charge in [-0.3, -0.25) is 4.18 Å². The summed E-state index contributed by atoms with van der Waals surface area (Å²) in [5.41, 5.74) is 0. The van der Waals surface area contributed by atoms with E-state index in [0.29, 0.717) is 17.8 Å². The van der Waals surface area contributed by atoms with Crippen molar-refractivity contribution in [2.24, 2.45) is 17.8 Å². The number of hydrogen-bond acceptors (Lipinski definition) is 2. The van der Waals surface area contributed by atoms with Gasteiger partial charge in [-0.05, 0) is 53.5 Å². The lowest BCUT2D eigenvalue weighted by atomic mass is 9.75. The minimum atomic E-state index is -1.39. The molecule has 4 atom stereocenters. The van der Waals surface area contributed by atoms with Crippen molar-refractivity contribution in [3.63, 3.8) is 0 Å². The van der Waals surface area contributed by atoms with Crippen LogP contribution in [0.5, 0.6) is 0 Å². The third kappa shape index (κ3) is 3.84. The second-order valence-electron chi connectivity index (χ2n) is 7.20. The molecule has 1 aliphatic carbocycles. The predicted octanol–water partition coefficient (Wildman–Crippen LogP) is 5.34. The Morgan fingerprint density at radius 1 is 1.09 bits per heavy atom. The van der Waals surface area contributed by atoms with E-state index in [1.54, 1.807) is 0 Å². The fourth-order valence-electron chi connectivity index (χ4n) is 3.66. The van der Waals surface area contributed by atoms with Crippen molar-refractivity contribution in [1.29, 1.82) is 0 Å². The second-order valence-corrected chi connectivity index (χ2v) is 8.34. The highest BCUT2D eigenvalue weighted by atomic mass is 32.2. The SMILES string of the molecule is CC(C)[C@@H]1CC[C@@H](C)C[C@H]1O[S@@](=O)c1ccc2ccccc2c1. The largest absolute Gasteiger partial charge is 0.283 e. The Kier molecular flexibility index (Phi) is 5.17. The lowest BCUT2D eigenvalue weighted by Crippen LogP contribution is -2.34. The Balaban J connectivity index is 1.78. The van der Waals surface area contributed by atoms with Crippen LogP contribution in [0.4, 0.5) is 0 Å². The number of rotatable bonds is 4. The van der Waals surface area contributed by atoms with Gasteiger partial charge in [-0.2, -0.15) is 0 Å². The van der Waals surface area contributed by atoms with Crippen molar-refractivity contribution in [2.45, 2.75) is 51.0 Å². The highest BCUT2D eigenvalue weighted by Crippen LogP contribution is 2.36. The molecule has 0 unspecified atom stereocenters. The first kappa shape index (κ1) is 16.7. The van der Waals surface area contributed by atoms with E-state index in [1.165, 1.54) is 18.2 Å². The third-order valence-corrected chi connectivity index (χ3v) is 6.15. The Labute approximate surface area is 141 Å². The smallest absolute Gasteiger partial charge is 0.189 e. The molecule has 0 spiro atoms. The van der Waals surface area contributed by atoms with Gasteiger partial charge in [0.1, 0.15) is 0 Å². The van der Waals surface area contributed by atoms with Crippen LogP contribution in [0.15, 0.2) is 47.4 Å². The quantitative estimate of drug-likeness (QED) is 0.756. The van der Waals surface area contributed by atoms with E-state index in [-0.39, 0.29) is 6.10 Å². The van der Waals surface area contributed by atoms with Crippen LogP contribution in [0.25, 0.3) is 10.8 Å². The Bertz CT molecular complexity index is 695. The minimum absolute atomic E-state index is 0.103. The van der Waals surface area contributed by atoms with Crippen LogP contribution >= 0.6 is 0 Å². The predicted molar refractivity (Wildman–Crippen MR) is 96.6 cm³/mol. The van der Waals surface area contributed by atoms with Gasteiger partial charge in [0.25, 0.3) is 0 Å². The van der Waals surface area contributed by atoms with Crippen LogP contribution in [0.1, 0.15) is 40.0 Å². The summed E-state index contributed by atoms with van der Waals surface area (Å²) in [5, 5.41) is 2.28. The molecule has 3 heteroatoms. The van der Waals surface area contributed by atoms with Crippen LogP contribution < -0.4 is 0 Å². The molecule has 0 aromatic heterocycles. The van der Waals surface area contributed by atoms with E-state index in [4.69, 9.17) is 4.18 Å². The second kappa shape index (κ2) is 7.14. The van der Waals surface area contributed by atoms with Gasteiger partial charge in [0, 0.05) is 0 Å². The van der Waals surface area contributed by atoms with Crippen LogP contribution in [0, 0.1) is 17.8 Å². The van der Waals surface area contributed by atoms with Gasteiger partial charge in [0.15, 0.2) is 11.1 Å². The molecule has 3 rings (SSSR count). The topological polar surface area (TPSA) is 26.3 Å². The molecule has 0 N–H and O–H groups in total. The standard InChI is InChI=1S/C20H26O2S/c1-14(2)19-11-8-15(3)12-20(19)22-23(21)18-10-9-16-6-4-5-7-17(16)13-18/h4-7,9-10,13-15,19-20H,8,11-12H2,1-3H3/t15-,19+,20-,23-/m1/s1. The molecule has 0 amide bonds. The molecule has 2 aromatic carbocycles. The number of benzene rings is 2. The maximum absolute atomic E-state index is 12.7. The zero-order chi connectivity index (χ0) is 16.4. The monoisotopic (exact) mass is 330 g/mol. The molecule has 0 heterocycles. The first-order chi connectivity index (χ1) is 11.0. The Morgan fingerprint density at radius 3 is 2.57 bits per heavy atom. The van der Waals surface area contributed by atoms with Crippen LogP contribution in [0.3, 0.4) is 0 Å². The molecule has 1 saturated carbocycles. The lowest BCUT2D eigenvalue weighted by molar-refractivity contribution is 0.0567. The fraction of sp³-hybridized carbons (Fsp3) is 0.500. The highest BCUT2D eigenvalue weighted by Gasteiger charge is 2.33. The van der Waals surface area contributed by atoms with Gasteiger partial charge in [0.05, 0.1) is 11.0 Å². The molecular formula is C20H26O2S. The summed E-state index contributed by atoms with van der Waals surface area (Å²) in [6.07, 6.45) is 3.55. The highest BCUT2D eigenvalue weighted by molar-refractivity contribution is 7.80. The van der Waals surface area contributed by atoms with E-state index in [0.717, 1.165) is 16.7 Å². The van der Waals surface area contributed by atoms with Crippen molar-refractivity contribution in [3.05, 3.63) is 42.5 Å². The van der Waals surface area contributed by atoms with E-state index in [1.807, 2.05) is 30.3 Å². The maximum atomic E-state index is 12.7. The molecule has 1 aliphatic rings. The molecule has 2 nitrogen and oxygen atoms in total. The summed E-state index contributed by atoms with van der Waals surface area (Å²) in [6, 6.07) is 14.1. The molecule has 0 bridgehead atoms. The van der Waals surface area contributed by atoms with Gasteiger partial charge in [0.2, 0.25) is 0 Å². The summed E-state index contributed by atoms with van der Waals surface area (Å²) in [4.78, 5) is 0.768. The number of fused-ring (bicyclic) bond motifs is 1. The normalized spacial score (nSPS) is 26.5. The fourth-order valence-corrected chi connectivity index (χ4v) is 4.62. The van der Waals surface area contributed by atoms with Crippen molar-refractivity contribution in [3.8, 4) is 0 Å². The summed E-state index contributed by atoms with van der Waals surface area (Å²) >= 11 is -1.39. The van der Waals surface area contributed by atoms with Crippen LogP contribution in [-0.2, 0) is 15.3 Å².